The highest BCUT2D eigenvalue weighted by atomic mass is 32.2. The van der Waals surface area contributed by atoms with Crippen molar-refractivity contribution in [1.29, 1.82) is 0 Å². The summed E-state index contributed by atoms with van der Waals surface area (Å²) in [7, 11) is -3.87. The zero-order valence-corrected chi connectivity index (χ0v) is 14.0. The summed E-state index contributed by atoms with van der Waals surface area (Å²) in [6.07, 6.45) is 1.40. The van der Waals surface area contributed by atoms with E-state index < -0.39 is 14.9 Å². The van der Waals surface area contributed by atoms with Crippen molar-refractivity contribution in [2.24, 2.45) is 5.10 Å². The highest BCUT2D eigenvalue weighted by Gasteiger charge is 2.14. The Morgan fingerprint density at radius 1 is 1.08 bits per heavy atom. The zero-order valence-electron chi connectivity index (χ0n) is 13.2. The van der Waals surface area contributed by atoms with Crippen LogP contribution >= 0.6 is 0 Å². The molecule has 0 saturated carbocycles. The third-order valence-electron chi connectivity index (χ3n) is 3.35. The van der Waals surface area contributed by atoms with Gasteiger partial charge in [-0.25, -0.2) is 4.83 Å². The Bertz CT molecular complexity index is 842. The third kappa shape index (κ3) is 4.39. The van der Waals surface area contributed by atoms with Crippen LogP contribution in [0.1, 0.15) is 30.9 Å². The lowest BCUT2D eigenvalue weighted by molar-refractivity contribution is -0.384. The average molecular weight is 347 g/mol. The minimum absolute atomic E-state index is 0.0968. The number of nitrogens with one attached hydrogen (secondary N) is 1. The Morgan fingerprint density at radius 2 is 1.67 bits per heavy atom. The van der Waals surface area contributed by atoms with Crippen LogP contribution < -0.4 is 4.83 Å². The van der Waals surface area contributed by atoms with E-state index in [0.717, 1.165) is 29.8 Å². The molecule has 7 nitrogen and oxygen atoms in total. The summed E-state index contributed by atoms with van der Waals surface area (Å²) in [5, 5.41) is 14.3. The largest absolute Gasteiger partial charge is 0.276 e. The molecule has 24 heavy (non-hydrogen) atoms. The van der Waals surface area contributed by atoms with Crippen molar-refractivity contribution >= 4 is 21.9 Å². The maximum absolute atomic E-state index is 12.1. The van der Waals surface area contributed by atoms with E-state index in [1.165, 1.54) is 11.8 Å². The van der Waals surface area contributed by atoms with Gasteiger partial charge in [-0.05, 0) is 29.2 Å². The number of non-ortho nitro benzene ring substituents is 1. The highest BCUT2D eigenvalue weighted by molar-refractivity contribution is 7.89. The number of nitro benzene ring substituents is 1. The van der Waals surface area contributed by atoms with Crippen molar-refractivity contribution in [3.8, 4) is 0 Å². The smallest absolute Gasteiger partial charge is 0.258 e. The Morgan fingerprint density at radius 3 is 2.17 bits per heavy atom. The molecule has 2 aromatic carbocycles. The van der Waals surface area contributed by atoms with E-state index in [1.807, 2.05) is 24.3 Å². The van der Waals surface area contributed by atoms with E-state index in [-0.39, 0.29) is 10.6 Å². The van der Waals surface area contributed by atoms with E-state index in [0.29, 0.717) is 5.92 Å². The quantitative estimate of drug-likeness (QED) is 0.493. The Hall–Kier alpha value is -2.74. The van der Waals surface area contributed by atoms with Gasteiger partial charge in [0.25, 0.3) is 15.7 Å². The Kier molecular flexibility index (Phi) is 5.30. The molecule has 0 fully saturated rings. The summed E-state index contributed by atoms with van der Waals surface area (Å²) < 4.78 is 24.1. The van der Waals surface area contributed by atoms with Gasteiger partial charge in [-0.3, -0.25) is 10.1 Å². The second-order valence-electron chi connectivity index (χ2n) is 5.43. The molecule has 2 aromatic rings. The van der Waals surface area contributed by atoms with Crippen LogP contribution in [0, 0.1) is 10.1 Å². The van der Waals surface area contributed by atoms with E-state index >= 15 is 0 Å². The van der Waals surface area contributed by atoms with Crippen LogP contribution in [-0.2, 0) is 10.0 Å². The molecule has 8 heteroatoms. The molecule has 0 aliphatic rings. The maximum atomic E-state index is 12.1. The summed E-state index contributed by atoms with van der Waals surface area (Å²) in [4.78, 5) is 12.0. The topological polar surface area (TPSA) is 102 Å². The normalized spacial score (nSPS) is 11.8. The summed E-state index contributed by atoms with van der Waals surface area (Å²) in [6.45, 7) is 4.17. The second kappa shape index (κ2) is 7.22. The van der Waals surface area contributed by atoms with Crippen molar-refractivity contribution in [3.63, 3.8) is 0 Å². The monoisotopic (exact) mass is 347 g/mol. The van der Waals surface area contributed by atoms with Crippen LogP contribution in [0.3, 0.4) is 0 Å². The fourth-order valence-electron chi connectivity index (χ4n) is 1.94. The molecule has 0 heterocycles. The number of benzene rings is 2. The van der Waals surface area contributed by atoms with Crippen LogP contribution in [-0.4, -0.2) is 19.6 Å². The molecular weight excluding hydrogens is 330 g/mol. The Labute approximate surface area is 140 Å². The molecule has 1 N–H and O–H groups in total. The number of nitro groups is 1. The van der Waals surface area contributed by atoms with Crippen molar-refractivity contribution < 1.29 is 13.3 Å². The van der Waals surface area contributed by atoms with Crippen molar-refractivity contribution in [3.05, 3.63) is 69.8 Å². The first kappa shape index (κ1) is 17.6. The van der Waals surface area contributed by atoms with Crippen LogP contribution in [0.5, 0.6) is 0 Å². The standard InChI is InChI=1S/C16H17N3O4S/c1-12(2)14-5-3-13(4-6-14)11-17-18-24(22,23)16-9-7-15(8-10-16)19(20)21/h3-12,18H,1-2H3/b17-11+. The van der Waals surface area contributed by atoms with Crippen LogP contribution in [0.4, 0.5) is 5.69 Å². The first-order chi connectivity index (χ1) is 11.3. The first-order valence-corrected chi connectivity index (χ1v) is 8.67. The lowest BCUT2D eigenvalue weighted by Crippen LogP contribution is -2.18. The van der Waals surface area contributed by atoms with Gasteiger partial charge in [0.05, 0.1) is 16.0 Å². The maximum Gasteiger partial charge on any atom is 0.276 e. The molecule has 0 aromatic heterocycles. The number of hydrogen-bond acceptors (Lipinski definition) is 5. The molecule has 2 rings (SSSR count). The fraction of sp³-hybridized carbons (Fsp3) is 0.188. The second-order valence-corrected chi connectivity index (χ2v) is 7.09. The molecule has 0 saturated heterocycles. The molecule has 0 radical (unpaired) electrons. The summed E-state index contributed by atoms with van der Waals surface area (Å²) in [6, 6.07) is 12.2. The number of rotatable bonds is 6. The van der Waals surface area contributed by atoms with Gasteiger partial charge in [-0.2, -0.15) is 13.5 Å². The Balaban J connectivity index is 2.07. The molecule has 0 atom stereocenters. The van der Waals surface area contributed by atoms with E-state index in [9.17, 15) is 18.5 Å². The van der Waals surface area contributed by atoms with Crippen LogP contribution in [0.2, 0.25) is 0 Å². The minimum atomic E-state index is -3.87. The molecule has 0 unspecified atom stereocenters. The predicted molar refractivity (Wildman–Crippen MR) is 91.5 cm³/mol. The van der Waals surface area contributed by atoms with Gasteiger partial charge >= 0.3 is 0 Å². The van der Waals surface area contributed by atoms with Crippen LogP contribution in [0.25, 0.3) is 0 Å². The van der Waals surface area contributed by atoms with Crippen molar-refractivity contribution in [2.45, 2.75) is 24.7 Å². The average Bonchev–Trinajstić information content (AvgIpc) is 2.55. The van der Waals surface area contributed by atoms with Gasteiger partial charge in [0, 0.05) is 12.1 Å². The molecule has 0 aliphatic heterocycles. The lowest BCUT2D eigenvalue weighted by atomic mass is 10.0. The van der Waals surface area contributed by atoms with E-state index in [4.69, 9.17) is 0 Å². The predicted octanol–water partition coefficient (Wildman–Crippen LogP) is 3.03. The number of nitrogens with zero attached hydrogens (tertiary/aromatic N) is 2. The SMILES string of the molecule is CC(C)c1ccc(/C=N/NS(=O)(=O)c2ccc([N+](=O)[O-])cc2)cc1. The van der Waals surface area contributed by atoms with Gasteiger partial charge in [0.2, 0.25) is 0 Å². The molecular formula is C16H17N3O4S. The third-order valence-corrected chi connectivity index (χ3v) is 4.59. The van der Waals surface area contributed by atoms with Crippen molar-refractivity contribution in [1.82, 2.24) is 4.83 Å². The van der Waals surface area contributed by atoms with Crippen molar-refractivity contribution in [2.75, 3.05) is 0 Å². The molecule has 0 bridgehead atoms. The van der Waals surface area contributed by atoms with E-state index in [2.05, 4.69) is 23.8 Å². The molecule has 0 amide bonds. The number of hydrazone groups is 1. The highest BCUT2D eigenvalue weighted by Crippen LogP contribution is 2.16. The lowest BCUT2D eigenvalue weighted by Gasteiger charge is -2.05. The van der Waals surface area contributed by atoms with Crippen LogP contribution in [0.15, 0.2) is 58.5 Å². The molecule has 0 aliphatic carbocycles. The van der Waals surface area contributed by atoms with E-state index in [1.54, 1.807) is 0 Å². The number of hydrogen-bond donors (Lipinski definition) is 1. The molecule has 0 spiro atoms. The summed E-state index contributed by atoms with van der Waals surface area (Å²) in [5.74, 6) is 0.414. The van der Waals surface area contributed by atoms with Gasteiger partial charge < -0.3 is 0 Å². The van der Waals surface area contributed by atoms with Gasteiger partial charge in [-0.15, -0.1) is 0 Å². The van der Waals surface area contributed by atoms with Gasteiger partial charge in [0.15, 0.2) is 0 Å². The minimum Gasteiger partial charge on any atom is -0.258 e. The molecule has 126 valence electrons. The first-order valence-electron chi connectivity index (χ1n) is 7.19. The summed E-state index contributed by atoms with van der Waals surface area (Å²) >= 11 is 0. The number of sulfonamides is 1. The zero-order chi connectivity index (χ0) is 17.7. The fourth-order valence-corrected chi connectivity index (χ4v) is 2.73. The van der Waals surface area contributed by atoms with Gasteiger partial charge in [-0.1, -0.05) is 38.1 Å². The summed E-state index contributed by atoms with van der Waals surface area (Å²) in [5.41, 5.74) is 1.76. The van der Waals surface area contributed by atoms with Gasteiger partial charge in [0.1, 0.15) is 0 Å².